The van der Waals surface area contributed by atoms with Crippen molar-refractivity contribution in [3.63, 3.8) is 0 Å². The molecule has 0 aliphatic carbocycles. The van der Waals surface area contributed by atoms with Gasteiger partial charge in [-0.2, -0.15) is 0 Å². The van der Waals surface area contributed by atoms with Gasteiger partial charge in [-0.3, -0.25) is 0 Å². The fraction of sp³-hybridized carbons (Fsp3) is 0.308. The Morgan fingerprint density at radius 2 is 1.55 bits per heavy atom. The molecule has 108 valence electrons. The Labute approximate surface area is 114 Å². The molecule has 0 spiro atoms. The zero-order valence-corrected chi connectivity index (χ0v) is 10.7. The van der Waals surface area contributed by atoms with E-state index in [1.54, 1.807) is 0 Å². The Balaban J connectivity index is 3.09. The van der Waals surface area contributed by atoms with Gasteiger partial charge in [0.2, 0.25) is 0 Å². The zero-order chi connectivity index (χ0) is 15.3. The topological polar surface area (TPSA) is 121 Å². The molecule has 0 bridgehead atoms. The summed E-state index contributed by atoms with van der Waals surface area (Å²) in [5.41, 5.74) is -1.99. The molecule has 0 fully saturated rings. The lowest BCUT2D eigenvalue weighted by Crippen LogP contribution is -2.51. The van der Waals surface area contributed by atoms with Crippen LogP contribution in [0.25, 0.3) is 0 Å². The van der Waals surface area contributed by atoms with Crippen molar-refractivity contribution in [2.24, 2.45) is 0 Å². The van der Waals surface area contributed by atoms with Gasteiger partial charge in [-0.15, -0.1) is 0 Å². The molecule has 0 aromatic heterocycles. The second-order valence-electron chi connectivity index (χ2n) is 4.05. The van der Waals surface area contributed by atoms with E-state index < -0.39 is 29.9 Å². The summed E-state index contributed by atoms with van der Waals surface area (Å²) in [4.78, 5) is 33.2. The van der Waals surface area contributed by atoms with Crippen molar-refractivity contribution in [2.45, 2.75) is 18.9 Å². The lowest BCUT2D eigenvalue weighted by Gasteiger charge is -2.24. The summed E-state index contributed by atoms with van der Waals surface area (Å²) in [7, 11) is 0. The molecule has 0 saturated carbocycles. The normalized spacial score (nSPS) is 11.1. The Hall–Kier alpha value is -2.41. The van der Waals surface area contributed by atoms with Crippen molar-refractivity contribution in [1.29, 1.82) is 0 Å². The van der Waals surface area contributed by atoms with Gasteiger partial charge in [-0.05, 0) is 24.6 Å². The highest BCUT2D eigenvalue weighted by Gasteiger charge is 2.48. The molecule has 0 saturated heterocycles. The first-order valence-corrected chi connectivity index (χ1v) is 5.76. The first kappa shape index (κ1) is 15.6. The quantitative estimate of drug-likeness (QED) is 0.634. The molecule has 1 rings (SSSR count). The zero-order valence-electron chi connectivity index (χ0n) is 10.7. The molecule has 0 radical (unpaired) electrons. The van der Waals surface area contributed by atoms with Gasteiger partial charge in [0.1, 0.15) is 0 Å². The highest BCUT2D eigenvalue weighted by atomic mass is 16.5. The molecule has 0 aliphatic heterocycles. The number of hydrogen-bond donors (Lipinski definition) is 3. The van der Waals surface area contributed by atoms with E-state index in [1.165, 1.54) is 31.2 Å². The summed E-state index contributed by atoms with van der Waals surface area (Å²) in [5.74, 6) is -4.33. The number of rotatable bonds is 7. The second-order valence-corrected chi connectivity index (χ2v) is 4.05. The summed E-state index contributed by atoms with van der Waals surface area (Å²) in [5, 5.41) is 27.0. The maximum absolute atomic E-state index is 11.2. The van der Waals surface area contributed by atoms with E-state index in [4.69, 9.17) is 20.1 Å². The van der Waals surface area contributed by atoms with E-state index in [0.29, 0.717) is 5.56 Å². The second kappa shape index (κ2) is 6.16. The number of aromatic carboxylic acids is 1. The summed E-state index contributed by atoms with van der Waals surface area (Å²) in [6.45, 7) is 1.42. The average Bonchev–Trinajstić information content (AvgIpc) is 2.38. The molecule has 0 unspecified atom stereocenters. The van der Waals surface area contributed by atoms with Crippen molar-refractivity contribution in [3.8, 4) is 0 Å². The van der Waals surface area contributed by atoms with Crippen LogP contribution >= 0.6 is 0 Å². The standard InChI is InChI=1S/C13H14O7/c1-2-20-13(11(16)17,12(18)19)7-8-3-5-9(6-4-8)10(14)15/h3-6H,2,7H2,1H3,(H,14,15)(H,16,17)(H,18,19). The molecular weight excluding hydrogens is 268 g/mol. The Bertz CT molecular complexity index is 504. The molecular formula is C13H14O7. The van der Waals surface area contributed by atoms with Gasteiger partial charge in [-0.25, -0.2) is 14.4 Å². The number of benzene rings is 1. The van der Waals surface area contributed by atoms with Gasteiger partial charge in [-0.1, -0.05) is 12.1 Å². The van der Waals surface area contributed by atoms with Crippen LogP contribution in [0.15, 0.2) is 24.3 Å². The van der Waals surface area contributed by atoms with Crippen LogP contribution in [0.5, 0.6) is 0 Å². The molecule has 7 heteroatoms. The van der Waals surface area contributed by atoms with Crippen molar-refractivity contribution < 1.29 is 34.4 Å². The van der Waals surface area contributed by atoms with Crippen LogP contribution in [0, 0.1) is 0 Å². The molecule has 3 N–H and O–H groups in total. The van der Waals surface area contributed by atoms with Crippen molar-refractivity contribution in [2.75, 3.05) is 6.61 Å². The predicted octanol–water partition coefficient (Wildman–Crippen LogP) is 0.872. The van der Waals surface area contributed by atoms with Gasteiger partial charge in [0, 0.05) is 13.0 Å². The van der Waals surface area contributed by atoms with Crippen LogP contribution < -0.4 is 0 Å². The molecule has 0 amide bonds. The number of carbonyl (C=O) groups is 3. The van der Waals surface area contributed by atoms with E-state index in [1.807, 2.05) is 0 Å². The third-order valence-electron chi connectivity index (χ3n) is 2.74. The molecule has 0 atom stereocenters. The number of hydrogen-bond acceptors (Lipinski definition) is 4. The molecule has 1 aromatic carbocycles. The highest BCUT2D eigenvalue weighted by molar-refractivity contribution is 6.02. The van der Waals surface area contributed by atoms with Crippen LogP contribution in [-0.4, -0.2) is 45.4 Å². The van der Waals surface area contributed by atoms with Crippen molar-refractivity contribution in [3.05, 3.63) is 35.4 Å². The smallest absolute Gasteiger partial charge is 0.348 e. The minimum atomic E-state index is -2.38. The van der Waals surface area contributed by atoms with Gasteiger partial charge >= 0.3 is 17.9 Å². The fourth-order valence-electron chi connectivity index (χ4n) is 1.72. The first-order valence-electron chi connectivity index (χ1n) is 5.76. The van der Waals surface area contributed by atoms with E-state index in [9.17, 15) is 14.4 Å². The van der Waals surface area contributed by atoms with E-state index >= 15 is 0 Å². The van der Waals surface area contributed by atoms with E-state index in [-0.39, 0.29) is 12.2 Å². The van der Waals surface area contributed by atoms with E-state index in [0.717, 1.165) is 0 Å². The van der Waals surface area contributed by atoms with Crippen LogP contribution in [0.3, 0.4) is 0 Å². The van der Waals surface area contributed by atoms with Crippen LogP contribution in [0.1, 0.15) is 22.8 Å². The number of aliphatic carboxylic acids is 2. The maximum Gasteiger partial charge on any atom is 0.348 e. The van der Waals surface area contributed by atoms with Gasteiger partial charge in [0.15, 0.2) is 0 Å². The van der Waals surface area contributed by atoms with Gasteiger partial charge in [0.05, 0.1) is 5.56 Å². The van der Waals surface area contributed by atoms with Gasteiger partial charge < -0.3 is 20.1 Å². The molecule has 0 aliphatic rings. The number of ether oxygens (including phenoxy) is 1. The predicted molar refractivity (Wildman–Crippen MR) is 66.7 cm³/mol. The largest absolute Gasteiger partial charge is 0.479 e. The molecule has 20 heavy (non-hydrogen) atoms. The third kappa shape index (κ3) is 3.12. The number of carboxylic acids is 3. The van der Waals surface area contributed by atoms with Crippen LogP contribution in [-0.2, 0) is 20.7 Å². The fourth-order valence-corrected chi connectivity index (χ4v) is 1.72. The summed E-state index contributed by atoms with van der Waals surface area (Å²) in [6, 6.07) is 5.28. The monoisotopic (exact) mass is 282 g/mol. The lowest BCUT2D eigenvalue weighted by molar-refractivity contribution is -0.182. The molecule has 1 aromatic rings. The highest BCUT2D eigenvalue weighted by Crippen LogP contribution is 2.20. The minimum absolute atomic E-state index is 0.0291. The van der Waals surface area contributed by atoms with E-state index in [2.05, 4.69) is 0 Å². The summed E-state index contributed by atoms with van der Waals surface area (Å²) >= 11 is 0. The Morgan fingerprint density at radius 1 is 1.05 bits per heavy atom. The molecule has 7 nitrogen and oxygen atoms in total. The number of carboxylic acid groups (broad SMARTS) is 3. The van der Waals surface area contributed by atoms with Crippen LogP contribution in [0.4, 0.5) is 0 Å². The SMILES string of the molecule is CCOC(Cc1ccc(C(=O)O)cc1)(C(=O)O)C(=O)O. The lowest BCUT2D eigenvalue weighted by atomic mass is 9.93. The maximum atomic E-state index is 11.2. The van der Waals surface area contributed by atoms with Crippen molar-refractivity contribution >= 4 is 17.9 Å². The molecule has 0 heterocycles. The van der Waals surface area contributed by atoms with Gasteiger partial charge in [0.25, 0.3) is 5.60 Å². The average molecular weight is 282 g/mol. The minimum Gasteiger partial charge on any atom is -0.479 e. The van der Waals surface area contributed by atoms with Crippen LogP contribution in [0.2, 0.25) is 0 Å². The first-order chi connectivity index (χ1) is 9.33. The Kier molecular flexibility index (Phi) is 4.82. The third-order valence-corrected chi connectivity index (χ3v) is 2.74. The Morgan fingerprint density at radius 3 is 1.90 bits per heavy atom. The van der Waals surface area contributed by atoms with Crippen molar-refractivity contribution in [1.82, 2.24) is 0 Å². The summed E-state index contributed by atoms with van der Waals surface area (Å²) in [6.07, 6.45) is -0.397. The summed E-state index contributed by atoms with van der Waals surface area (Å²) < 4.78 is 4.92.